The normalized spacial score (nSPS) is 22.5. The highest BCUT2D eigenvalue weighted by molar-refractivity contribution is 6.29. The maximum absolute atomic E-state index is 14.8. The second kappa shape index (κ2) is 7.29. The van der Waals surface area contributed by atoms with E-state index in [4.69, 9.17) is 16.3 Å². The van der Waals surface area contributed by atoms with Gasteiger partial charge in [0, 0.05) is 30.8 Å². The van der Waals surface area contributed by atoms with Gasteiger partial charge in [-0.1, -0.05) is 18.5 Å². The fourth-order valence-corrected chi connectivity index (χ4v) is 4.25. The number of nitrogens with zero attached hydrogens (tertiary/aromatic N) is 4. The Labute approximate surface area is 172 Å². The van der Waals surface area contributed by atoms with Crippen LogP contribution in [0.15, 0.2) is 12.3 Å². The molecule has 0 spiro atoms. The Morgan fingerprint density at radius 3 is 3.00 bits per heavy atom. The van der Waals surface area contributed by atoms with Gasteiger partial charge in [-0.15, -0.1) is 10.2 Å². The number of hydrogen-bond donors (Lipinski definition) is 1. The largest absolute Gasteiger partial charge is 0.470 e. The molecule has 0 aromatic carbocycles. The molecule has 0 radical (unpaired) electrons. The molecule has 154 valence electrons. The van der Waals surface area contributed by atoms with E-state index in [-0.39, 0.29) is 28.6 Å². The molecule has 0 amide bonds. The number of carbonyl (C=O) groups is 1. The first kappa shape index (κ1) is 19.6. The number of methoxy groups -OCH3 is 1. The minimum Gasteiger partial charge on any atom is -0.470 e. The number of halogens is 2. The molecular weight excluding hydrogens is 401 g/mol. The van der Waals surface area contributed by atoms with Gasteiger partial charge in [-0.25, -0.2) is 14.2 Å². The summed E-state index contributed by atoms with van der Waals surface area (Å²) in [7, 11) is 1.24. The number of ether oxygens (including phenoxy) is 2. The van der Waals surface area contributed by atoms with Gasteiger partial charge in [0.2, 0.25) is 0 Å². The molecule has 29 heavy (non-hydrogen) atoms. The summed E-state index contributed by atoms with van der Waals surface area (Å²) in [6, 6.07) is 1.77. The number of nitrogens with one attached hydrogen (secondary N) is 1. The summed E-state index contributed by atoms with van der Waals surface area (Å²) in [5.41, 5.74) is 0.880. The van der Waals surface area contributed by atoms with Crippen molar-refractivity contribution in [3.05, 3.63) is 34.4 Å². The molecule has 2 aliphatic heterocycles. The summed E-state index contributed by atoms with van der Waals surface area (Å²) in [6.07, 6.45) is 2.52. The van der Waals surface area contributed by atoms with Gasteiger partial charge in [0.05, 0.1) is 30.4 Å². The zero-order valence-corrected chi connectivity index (χ0v) is 17.1. The van der Waals surface area contributed by atoms with Gasteiger partial charge in [-0.3, -0.25) is 0 Å². The number of fused-ring (bicyclic) bond motifs is 3. The van der Waals surface area contributed by atoms with Crippen molar-refractivity contribution in [2.24, 2.45) is 0 Å². The van der Waals surface area contributed by atoms with Gasteiger partial charge < -0.3 is 19.7 Å². The predicted molar refractivity (Wildman–Crippen MR) is 105 cm³/mol. The number of anilines is 2. The van der Waals surface area contributed by atoms with Crippen LogP contribution in [0.1, 0.15) is 35.7 Å². The van der Waals surface area contributed by atoms with Crippen molar-refractivity contribution in [1.29, 1.82) is 0 Å². The van der Waals surface area contributed by atoms with Crippen LogP contribution in [-0.4, -0.2) is 53.0 Å². The third kappa shape index (κ3) is 3.23. The zero-order valence-electron chi connectivity index (χ0n) is 16.3. The second-order valence-electron chi connectivity index (χ2n) is 7.29. The third-order valence-electron chi connectivity index (χ3n) is 5.76. The van der Waals surface area contributed by atoms with Crippen LogP contribution in [0.3, 0.4) is 0 Å². The van der Waals surface area contributed by atoms with E-state index in [1.54, 1.807) is 6.07 Å². The first-order chi connectivity index (χ1) is 13.9. The van der Waals surface area contributed by atoms with Crippen LogP contribution in [0.5, 0.6) is 5.88 Å². The van der Waals surface area contributed by atoms with E-state index >= 15 is 0 Å². The standard InChI is InChI=1S/C19H21ClFN5O3/c1-4-19-6-11(8-26(19)13-5-14(20)24-25-16(13)23-9-19)29-17-15(21)10(2)12(7-22-17)18(27)28-3/h5,7,11H,4,6,8-9H2,1-3H3,(H,23,25)/t11-,19-/m1/s1. The minimum atomic E-state index is -0.657. The van der Waals surface area contributed by atoms with Crippen LogP contribution in [0.2, 0.25) is 5.15 Å². The molecule has 1 fully saturated rings. The van der Waals surface area contributed by atoms with Gasteiger partial charge in [0.25, 0.3) is 5.88 Å². The summed E-state index contributed by atoms with van der Waals surface area (Å²) in [6.45, 7) is 4.81. The lowest BCUT2D eigenvalue weighted by Crippen LogP contribution is -2.52. The van der Waals surface area contributed by atoms with E-state index in [0.717, 1.165) is 12.1 Å². The summed E-state index contributed by atoms with van der Waals surface area (Å²) >= 11 is 6.06. The van der Waals surface area contributed by atoms with Crippen LogP contribution in [-0.2, 0) is 4.74 Å². The molecule has 8 nitrogen and oxygen atoms in total. The molecule has 0 bridgehead atoms. The molecule has 2 aromatic rings. The molecule has 2 aliphatic rings. The molecule has 2 atom stereocenters. The Bertz CT molecular complexity index is 975. The van der Waals surface area contributed by atoms with E-state index in [1.165, 1.54) is 20.2 Å². The molecular formula is C19H21ClFN5O3. The molecule has 2 aromatic heterocycles. The van der Waals surface area contributed by atoms with Crippen LogP contribution < -0.4 is 15.0 Å². The second-order valence-corrected chi connectivity index (χ2v) is 7.68. The van der Waals surface area contributed by atoms with Crippen molar-refractivity contribution in [3.63, 3.8) is 0 Å². The summed E-state index contributed by atoms with van der Waals surface area (Å²) < 4.78 is 25.4. The van der Waals surface area contributed by atoms with E-state index in [2.05, 4.69) is 37.1 Å². The van der Waals surface area contributed by atoms with Crippen molar-refractivity contribution in [1.82, 2.24) is 15.2 Å². The van der Waals surface area contributed by atoms with Crippen molar-refractivity contribution < 1.29 is 18.7 Å². The van der Waals surface area contributed by atoms with Gasteiger partial charge in [0.15, 0.2) is 16.8 Å². The van der Waals surface area contributed by atoms with Crippen LogP contribution in [0.25, 0.3) is 0 Å². The topological polar surface area (TPSA) is 89.5 Å². The van der Waals surface area contributed by atoms with E-state index in [9.17, 15) is 9.18 Å². The predicted octanol–water partition coefficient (Wildman–Crippen LogP) is 2.99. The quantitative estimate of drug-likeness (QED) is 0.753. The highest BCUT2D eigenvalue weighted by Gasteiger charge is 2.49. The first-order valence-electron chi connectivity index (χ1n) is 9.33. The van der Waals surface area contributed by atoms with Crippen molar-refractivity contribution in [2.45, 2.75) is 38.3 Å². The average Bonchev–Trinajstić information content (AvgIpc) is 3.10. The Hall–Kier alpha value is -2.68. The molecule has 0 saturated carbocycles. The summed E-state index contributed by atoms with van der Waals surface area (Å²) in [4.78, 5) is 18.0. The van der Waals surface area contributed by atoms with Crippen molar-refractivity contribution >= 4 is 29.1 Å². The minimum absolute atomic E-state index is 0.0811. The Morgan fingerprint density at radius 1 is 1.48 bits per heavy atom. The smallest absolute Gasteiger partial charge is 0.339 e. The lowest BCUT2D eigenvalue weighted by atomic mass is 9.90. The Kier molecular flexibility index (Phi) is 4.94. The third-order valence-corrected chi connectivity index (χ3v) is 5.94. The van der Waals surface area contributed by atoms with E-state index in [1.807, 2.05) is 0 Å². The number of pyridine rings is 1. The lowest BCUT2D eigenvalue weighted by molar-refractivity contribution is 0.0598. The first-order valence-corrected chi connectivity index (χ1v) is 9.71. The highest BCUT2D eigenvalue weighted by atomic mass is 35.5. The summed E-state index contributed by atoms with van der Waals surface area (Å²) in [5, 5.41) is 11.6. The molecule has 0 unspecified atom stereocenters. The molecule has 4 rings (SSSR count). The van der Waals surface area contributed by atoms with Gasteiger partial charge in [-0.2, -0.15) is 0 Å². The number of carbonyl (C=O) groups excluding carboxylic acids is 1. The van der Waals surface area contributed by atoms with E-state index < -0.39 is 11.8 Å². The molecule has 1 N–H and O–H groups in total. The van der Waals surface area contributed by atoms with Gasteiger partial charge in [-0.05, 0) is 13.3 Å². The fraction of sp³-hybridized carbons (Fsp3) is 0.474. The fourth-order valence-electron chi connectivity index (χ4n) is 4.11. The van der Waals surface area contributed by atoms with E-state index in [0.29, 0.717) is 30.5 Å². The zero-order chi connectivity index (χ0) is 20.8. The number of hydrogen-bond acceptors (Lipinski definition) is 8. The van der Waals surface area contributed by atoms with Crippen LogP contribution >= 0.6 is 11.6 Å². The Balaban J connectivity index is 1.61. The summed E-state index contributed by atoms with van der Waals surface area (Å²) in [5.74, 6) is -0.744. The SMILES string of the molecule is CC[C@@]12CNc3nnc(Cl)cc3N1C[C@H](Oc1ncc(C(=O)OC)c(C)c1F)C2. The number of aromatic nitrogens is 3. The van der Waals surface area contributed by atoms with Crippen LogP contribution in [0, 0.1) is 12.7 Å². The van der Waals surface area contributed by atoms with Gasteiger partial charge >= 0.3 is 5.97 Å². The molecule has 4 heterocycles. The number of esters is 1. The van der Waals surface area contributed by atoms with Gasteiger partial charge in [0.1, 0.15) is 6.10 Å². The monoisotopic (exact) mass is 421 g/mol. The average molecular weight is 422 g/mol. The highest BCUT2D eigenvalue weighted by Crippen LogP contribution is 2.44. The molecule has 0 aliphatic carbocycles. The van der Waals surface area contributed by atoms with Crippen molar-refractivity contribution in [3.8, 4) is 5.88 Å². The maximum Gasteiger partial charge on any atom is 0.339 e. The Morgan fingerprint density at radius 2 is 2.28 bits per heavy atom. The van der Waals surface area contributed by atoms with Crippen molar-refractivity contribution in [2.75, 3.05) is 30.4 Å². The molecule has 1 saturated heterocycles. The maximum atomic E-state index is 14.8. The number of rotatable bonds is 4. The van der Waals surface area contributed by atoms with Crippen LogP contribution in [0.4, 0.5) is 15.9 Å². The molecule has 10 heteroatoms. The lowest BCUT2D eigenvalue weighted by Gasteiger charge is -2.43.